The number of rotatable bonds is 4. The Bertz CT molecular complexity index is 1440. The lowest BCUT2D eigenvalue weighted by atomic mass is 10.2. The van der Waals surface area contributed by atoms with Crippen LogP contribution in [0.15, 0.2) is 61.1 Å². The van der Waals surface area contributed by atoms with Gasteiger partial charge >= 0.3 is 0 Å². The molecule has 4 aromatic heterocycles. The van der Waals surface area contributed by atoms with Crippen molar-refractivity contribution in [1.82, 2.24) is 34.5 Å². The molecular formula is C23H18N8. The highest BCUT2D eigenvalue weighted by atomic mass is 15.3. The number of aryl methyl sites for hydroxylation is 2. The van der Waals surface area contributed by atoms with Crippen molar-refractivity contribution in [2.75, 3.05) is 0 Å². The third-order valence-corrected chi connectivity index (χ3v) is 5.05. The highest BCUT2D eigenvalue weighted by Gasteiger charge is 2.12. The first kappa shape index (κ1) is 18.6. The fourth-order valence-corrected chi connectivity index (χ4v) is 3.59. The Morgan fingerprint density at radius 1 is 1.03 bits per heavy atom. The van der Waals surface area contributed by atoms with Crippen molar-refractivity contribution in [1.29, 1.82) is 5.26 Å². The van der Waals surface area contributed by atoms with E-state index in [1.807, 2.05) is 23.2 Å². The van der Waals surface area contributed by atoms with E-state index < -0.39 is 0 Å². The summed E-state index contributed by atoms with van der Waals surface area (Å²) in [5.74, 6) is 0.457. The lowest BCUT2D eigenvalue weighted by Gasteiger charge is -2.08. The Balaban J connectivity index is 1.47. The van der Waals surface area contributed by atoms with Gasteiger partial charge in [-0.3, -0.25) is 0 Å². The maximum absolute atomic E-state index is 9.33. The van der Waals surface area contributed by atoms with E-state index in [4.69, 9.17) is 0 Å². The molecule has 0 unspecified atom stereocenters. The first-order valence-corrected chi connectivity index (χ1v) is 9.79. The van der Waals surface area contributed by atoms with E-state index in [9.17, 15) is 5.26 Å². The predicted octanol–water partition coefficient (Wildman–Crippen LogP) is 3.61. The van der Waals surface area contributed by atoms with Gasteiger partial charge in [0.1, 0.15) is 6.07 Å². The second-order valence-corrected chi connectivity index (χ2v) is 7.29. The van der Waals surface area contributed by atoms with Crippen LogP contribution in [-0.2, 0) is 6.54 Å². The highest BCUT2D eigenvalue weighted by molar-refractivity contribution is 5.76. The van der Waals surface area contributed by atoms with Crippen molar-refractivity contribution in [3.05, 3.63) is 83.7 Å². The molecule has 4 heterocycles. The van der Waals surface area contributed by atoms with Crippen molar-refractivity contribution in [2.45, 2.75) is 20.4 Å². The maximum atomic E-state index is 9.33. The van der Waals surface area contributed by atoms with Crippen LogP contribution in [-0.4, -0.2) is 34.5 Å². The van der Waals surface area contributed by atoms with E-state index in [0.717, 1.165) is 28.0 Å². The van der Waals surface area contributed by atoms with Gasteiger partial charge in [0.05, 0.1) is 35.1 Å². The molecule has 0 saturated carbocycles. The smallest absolute Gasteiger partial charge is 0.164 e. The van der Waals surface area contributed by atoms with Crippen molar-refractivity contribution in [3.8, 4) is 23.1 Å². The molecule has 0 amide bonds. The van der Waals surface area contributed by atoms with Gasteiger partial charge in [0, 0.05) is 18.1 Å². The van der Waals surface area contributed by atoms with Crippen LogP contribution in [0.5, 0.6) is 0 Å². The molecule has 150 valence electrons. The van der Waals surface area contributed by atoms with E-state index in [1.165, 1.54) is 0 Å². The Labute approximate surface area is 178 Å². The van der Waals surface area contributed by atoms with Crippen LogP contribution in [0.4, 0.5) is 0 Å². The summed E-state index contributed by atoms with van der Waals surface area (Å²) in [6.45, 7) is 4.60. The standard InChI is InChI=1S/C23H18N8/c1-15-10-16(2)31(29-15)19-7-5-17(6-8-19)14-30-23-18(13-27-30)12-26-22(28-23)20-4-3-9-25-21(20)11-24/h3-10,12-13H,14H2,1-2H3. The normalized spacial score (nSPS) is 11.0. The lowest BCUT2D eigenvalue weighted by molar-refractivity contribution is 0.703. The molecule has 5 aromatic rings. The van der Waals surface area contributed by atoms with E-state index >= 15 is 0 Å². The number of nitriles is 1. The minimum Gasteiger partial charge on any atom is -0.245 e. The Morgan fingerprint density at radius 3 is 2.61 bits per heavy atom. The second-order valence-electron chi connectivity index (χ2n) is 7.29. The molecule has 0 spiro atoms. The molecule has 0 bridgehead atoms. The van der Waals surface area contributed by atoms with Crippen LogP contribution in [0.2, 0.25) is 0 Å². The largest absolute Gasteiger partial charge is 0.245 e. The number of aromatic nitrogens is 7. The monoisotopic (exact) mass is 406 g/mol. The molecular weight excluding hydrogens is 388 g/mol. The van der Waals surface area contributed by atoms with Gasteiger partial charge in [0.25, 0.3) is 0 Å². The number of benzene rings is 1. The minimum atomic E-state index is 0.299. The number of hydrogen-bond acceptors (Lipinski definition) is 6. The average Bonchev–Trinajstić information content (AvgIpc) is 3.36. The van der Waals surface area contributed by atoms with Crippen molar-refractivity contribution < 1.29 is 0 Å². The molecule has 5 rings (SSSR count). The minimum absolute atomic E-state index is 0.299. The van der Waals surface area contributed by atoms with Crippen LogP contribution < -0.4 is 0 Å². The maximum Gasteiger partial charge on any atom is 0.164 e. The summed E-state index contributed by atoms with van der Waals surface area (Å²) in [6.07, 6.45) is 5.06. The summed E-state index contributed by atoms with van der Waals surface area (Å²) in [6, 6.07) is 16.0. The third kappa shape index (κ3) is 3.42. The summed E-state index contributed by atoms with van der Waals surface area (Å²) >= 11 is 0. The summed E-state index contributed by atoms with van der Waals surface area (Å²) in [5.41, 5.74) is 5.81. The highest BCUT2D eigenvalue weighted by Crippen LogP contribution is 2.21. The summed E-state index contributed by atoms with van der Waals surface area (Å²) < 4.78 is 3.77. The second kappa shape index (κ2) is 7.46. The molecule has 0 atom stereocenters. The van der Waals surface area contributed by atoms with E-state index in [1.54, 1.807) is 30.7 Å². The van der Waals surface area contributed by atoms with Gasteiger partial charge in [-0.25, -0.2) is 24.3 Å². The molecule has 0 aliphatic heterocycles. The number of pyridine rings is 1. The molecule has 0 N–H and O–H groups in total. The van der Waals surface area contributed by atoms with Gasteiger partial charge in [-0.2, -0.15) is 15.5 Å². The predicted molar refractivity (Wildman–Crippen MR) is 115 cm³/mol. The third-order valence-electron chi connectivity index (χ3n) is 5.05. The van der Waals surface area contributed by atoms with Crippen LogP contribution in [0.3, 0.4) is 0 Å². The summed E-state index contributed by atoms with van der Waals surface area (Å²) in [5, 5.41) is 19.2. The van der Waals surface area contributed by atoms with Gasteiger partial charge in [0.15, 0.2) is 17.2 Å². The first-order valence-electron chi connectivity index (χ1n) is 9.79. The molecule has 8 nitrogen and oxygen atoms in total. The Kier molecular flexibility index (Phi) is 4.49. The van der Waals surface area contributed by atoms with Crippen LogP contribution in [0.25, 0.3) is 28.1 Å². The SMILES string of the molecule is Cc1cc(C)n(-c2ccc(Cn3ncc4cnc(-c5cccnc5C#N)nc43)cc2)n1. The topological polar surface area (TPSA) is 98.1 Å². The van der Waals surface area contributed by atoms with Crippen molar-refractivity contribution >= 4 is 11.0 Å². The average molecular weight is 406 g/mol. The molecule has 0 fully saturated rings. The number of hydrogen-bond donors (Lipinski definition) is 0. The fraction of sp³-hybridized carbons (Fsp3) is 0.130. The molecule has 0 saturated heterocycles. The number of fused-ring (bicyclic) bond motifs is 1. The molecule has 31 heavy (non-hydrogen) atoms. The van der Waals surface area contributed by atoms with E-state index in [-0.39, 0.29) is 0 Å². The van der Waals surface area contributed by atoms with Crippen LogP contribution in [0, 0.1) is 25.2 Å². The first-order chi connectivity index (χ1) is 15.1. The molecule has 0 aliphatic carbocycles. The summed E-state index contributed by atoms with van der Waals surface area (Å²) in [4.78, 5) is 13.2. The molecule has 8 heteroatoms. The fourth-order valence-electron chi connectivity index (χ4n) is 3.59. The van der Waals surface area contributed by atoms with Gasteiger partial charge in [-0.1, -0.05) is 12.1 Å². The van der Waals surface area contributed by atoms with Gasteiger partial charge in [0.2, 0.25) is 0 Å². The Hall–Kier alpha value is -4.38. The lowest BCUT2D eigenvalue weighted by Crippen LogP contribution is -2.05. The van der Waals surface area contributed by atoms with E-state index in [2.05, 4.69) is 61.6 Å². The van der Waals surface area contributed by atoms with E-state index in [0.29, 0.717) is 29.3 Å². The summed E-state index contributed by atoms with van der Waals surface area (Å²) in [7, 11) is 0. The van der Waals surface area contributed by atoms with Gasteiger partial charge in [-0.15, -0.1) is 0 Å². The zero-order chi connectivity index (χ0) is 21.4. The van der Waals surface area contributed by atoms with Gasteiger partial charge < -0.3 is 0 Å². The van der Waals surface area contributed by atoms with Crippen LogP contribution in [0.1, 0.15) is 22.6 Å². The van der Waals surface area contributed by atoms with Gasteiger partial charge in [-0.05, 0) is 49.7 Å². The van der Waals surface area contributed by atoms with Crippen molar-refractivity contribution in [3.63, 3.8) is 0 Å². The zero-order valence-electron chi connectivity index (χ0n) is 17.1. The Morgan fingerprint density at radius 2 is 1.87 bits per heavy atom. The molecule has 0 radical (unpaired) electrons. The van der Waals surface area contributed by atoms with Crippen LogP contribution >= 0.6 is 0 Å². The quantitative estimate of drug-likeness (QED) is 0.452. The van der Waals surface area contributed by atoms with Crippen molar-refractivity contribution in [2.24, 2.45) is 0 Å². The molecule has 1 aromatic carbocycles. The molecule has 0 aliphatic rings. The zero-order valence-corrected chi connectivity index (χ0v) is 17.1. The number of nitrogens with zero attached hydrogens (tertiary/aromatic N) is 8.